The van der Waals surface area contributed by atoms with Gasteiger partial charge in [0.15, 0.2) is 0 Å². The Morgan fingerprint density at radius 1 is 1.40 bits per heavy atom. The lowest BCUT2D eigenvalue weighted by molar-refractivity contribution is 0.224. The van der Waals surface area contributed by atoms with Crippen LogP contribution < -0.4 is 16.0 Å². The van der Waals surface area contributed by atoms with Crippen molar-refractivity contribution in [1.82, 2.24) is 14.9 Å². The molecule has 3 N–H and O–H groups in total. The van der Waals surface area contributed by atoms with Crippen LogP contribution in [-0.2, 0) is 0 Å². The first-order valence-corrected chi connectivity index (χ1v) is 7.21. The van der Waals surface area contributed by atoms with Gasteiger partial charge < -0.3 is 15.1 Å². The fourth-order valence-corrected chi connectivity index (χ4v) is 2.04. The van der Waals surface area contributed by atoms with Crippen LogP contribution in [0.3, 0.4) is 0 Å². The van der Waals surface area contributed by atoms with Gasteiger partial charge in [-0.05, 0) is 26.8 Å². The molecular formula is C14H25N5O. The van der Waals surface area contributed by atoms with E-state index in [0.717, 1.165) is 24.0 Å². The van der Waals surface area contributed by atoms with Crippen LogP contribution in [0.4, 0.5) is 5.82 Å². The van der Waals surface area contributed by atoms with Gasteiger partial charge in [0.05, 0.1) is 5.56 Å². The SMILES string of the molecule is Cc1c(NN)nc(C(C)C)nc1OCCN(C)C1CC1. The van der Waals surface area contributed by atoms with E-state index in [4.69, 9.17) is 10.6 Å². The van der Waals surface area contributed by atoms with Crippen molar-refractivity contribution in [3.05, 3.63) is 11.4 Å². The highest BCUT2D eigenvalue weighted by atomic mass is 16.5. The predicted molar refractivity (Wildman–Crippen MR) is 79.8 cm³/mol. The van der Waals surface area contributed by atoms with E-state index in [0.29, 0.717) is 18.3 Å². The number of likely N-dealkylation sites (N-methyl/N-ethyl adjacent to an activating group) is 1. The molecule has 20 heavy (non-hydrogen) atoms. The van der Waals surface area contributed by atoms with Crippen LogP contribution in [0, 0.1) is 6.92 Å². The fourth-order valence-electron chi connectivity index (χ4n) is 2.04. The molecule has 6 nitrogen and oxygen atoms in total. The van der Waals surface area contributed by atoms with Crippen molar-refractivity contribution in [2.45, 2.75) is 45.6 Å². The van der Waals surface area contributed by atoms with Crippen LogP contribution in [0.2, 0.25) is 0 Å². The fraction of sp³-hybridized carbons (Fsp3) is 0.714. The van der Waals surface area contributed by atoms with E-state index in [-0.39, 0.29) is 5.92 Å². The minimum Gasteiger partial charge on any atom is -0.476 e. The second-order valence-electron chi connectivity index (χ2n) is 5.72. The van der Waals surface area contributed by atoms with Gasteiger partial charge in [0, 0.05) is 18.5 Å². The van der Waals surface area contributed by atoms with E-state index < -0.39 is 0 Å². The Labute approximate surface area is 120 Å². The Morgan fingerprint density at radius 2 is 2.10 bits per heavy atom. The summed E-state index contributed by atoms with van der Waals surface area (Å²) >= 11 is 0. The number of anilines is 1. The van der Waals surface area contributed by atoms with Gasteiger partial charge in [0.2, 0.25) is 5.88 Å². The second kappa shape index (κ2) is 6.37. The van der Waals surface area contributed by atoms with Crippen molar-refractivity contribution in [2.24, 2.45) is 5.84 Å². The number of ether oxygens (including phenoxy) is 1. The summed E-state index contributed by atoms with van der Waals surface area (Å²) in [5.74, 6) is 7.75. The molecular weight excluding hydrogens is 254 g/mol. The summed E-state index contributed by atoms with van der Waals surface area (Å²) in [5, 5.41) is 0. The zero-order valence-corrected chi connectivity index (χ0v) is 12.8. The Kier molecular flexibility index (Phi) is 4.77. The number of nitrogens with two attached hydrogens (primary N) is 1. The Balaban J connectivity index is 2.02. The van der Waals surface area contributed by atoms with Gasteiger partial charge in [-0.15, -0.1) is 0 Å². The maximum atomic E-state index is 5.83. The predicted octanol–water partition coefficient (Wildman–Crippen LogP) is 1.67. The van der Waals surface area contributed by atoms with Crippen molar-refractivity contribution in [1.29, 1.82) is 0 Å². The lowest BCUT2D eigenvalue weighted by Gasteiger charge is -2.17. The van der Waals surface area contributed by atoms with Crippen molar-refractivity contribution in [2.75, 3.05) is 25.6 Å². The van der Waals surface area contributed by atoms with Crippen LogP contribution in [0.15, 0.2) is 0 Å². The molecule has 0 saturated heterocycles. The average Bonchev–Trinajstić information content (AvgIpc) is 3.24. The van der Waals surface area contributed by atoms with E-state index in [1.807, 2.05) is 6.92 Å². The Hall–Kier alpha value is -1.40. The molecule has 1 heterocycles. The summed E-state index contributed by atoms with van der Waals surface area (Å²) in [6.07, 6.45) is 2.61. The van der Waals surface area contributed by atoms with Crippen LogP contribution in [0.5, 0.6) is 5.88 Å². The molecule has 0 atom stereocenters. The van der Waals surface area contributed by atoms with Crippen molar-refractivity contribution >= 4 is 5.82 Å². The van der Waals surface area contributed by atoms with Gasteiger partial charge in [0.25, 0.3) is 0 Å². The molecule has 0 amide bonds. The van der Waals surface area contributed by atoms with Crippen LogP contribution >= 0.6 is 0 Å². The number of aromatic nitrogens is 2. The van der Waals surface area contributed by atoms with Crippen LogP contribution in [-0.4, -0.2) is 41.1 Å². The lowest BCUT2D eigenvalue weighted by atomic mass is 10.2. The highest BCUT2D eigenvalue weighted by Gasteiger charge is 2.25. The molecule has 1 fully saturated rings. The lowest BCUT2D eigenvalue weighted by Crippen LogP contribution is -2.26. The number of nitrogens with one attached hydrogen (secondary N) is 1. The van der Waals surface area contributed by atoms with E-state index in [1.54, 1.807) is 0 Å². The zero-order chi connectivity index (χ0) is 14.7. The minimum atomic E-state index is 0.235. The molecule has 0 aliphatic heterocycles. The first kappa shape index (κ1) is 15.0. The zero-order valence-electron chi connectivity index (χ0n) is 12.8. The van der Waals surface area contributed by atoms with E-state index in [1.165, 1.54) is 12.8 Å². The molecule has 2 rings (SSSR count). The number of hydrogen-bond donors (Lipinski definition) is 2. The number of hydrogen-bond acceptors (Lipinski definition) is 6. The number of nitrogen functional groups attached to an aromatic ring is 1. The molecule has 0 aromatic carbocycles. The quantitative estimate of drug-likeness (QED) is 0.584. The maximum absolute atomic E-state index is 5.83. The van der Waals surface area contributed by atoms with Crippen molar-refractivity contribution in [3.63, 3.8) is 0 Å². The molecule has 112 valence electrons. The highest BCUT2D eigenvalue weighted by molar-refractivity contribution is 5.47. The van der Waals surface area contributed by atoms with Gasteiger partial charge in [-0.25, -0.2) is 10.8 Å². The van der Waals surface area contributed by atoms with Gasteiger partial charge in [0.1, 0.15) is 18.2 Å². The standard InChI is InChI=1S/C14H25N5O/c1-9(2)12-16-13(18-15)10(3)14(17-12)20-8-7-19(4)11-5-6-11/h9,11H,5-8,15H2,1-4H3,(H,16,17,18). The third-order valence-electron chi connectivity index (χ3n) is 3.62. The van der Waals surface area contributed by atoms with E-state index in [9.17, 15) is 0 Å². The first-order valence-electron chi connectivity index (χ1n) is 7.21. The molecule has 0 bridgehead atoms. The first-order chi connectivity index (χ1) is 9.52. The summed E-state index contributed by atoms with van der Waals surface area (Å²) < 4.78 is 5.83. The van der Waals surface area contributed by atoms with Crippen LogP contribution in [0.1, 0.15) is 44.0 Å². The highest BCUT2D eigenvalue weighted by Crippen LogP contribution is 2.26. The summed E-state index contributed by atoms with van der Waals surface area (Å²) in [6, 6.07) is 0.748. The van der Waals surface area contributed by atoms with Crippen molar-refractivity contribution < 1.29 is 4.74 Å². The average molecular weight is 279 g/mol. The third kappa shape index (κ3) is 3.58. The molecule has 1 aliphatic carbocycles. The van der Waals surface area contributed by atoms with Gasteiger partial charge in [-0.3, -0.25) is 0 Å². The summed E-state index contributed by atoms with van der Waals surface area (Å²) in [4.78, 5) is 11.2. The molecule has 6 heteroatoms. The largest absolute Gasteiger partial charge is 0.476 e. The monoisotopic (exact) mass is 279 g/mol. The smallest absolute Gasteiger partial charge is 0.221 e. The number of nitrogens with zero attached hydrogens (tertiary/aromatic N) is 3. The molecule has 0 spiro atoms. The van der Waals surface area contributed by atoms with E-state index in [2.05, 4.69) is 41.2 Å². The van der Waals surface area contributed by atoms with Gasteiger partial charge in [-0.1, -0.05) is 13.8 Å². The summed E-state index contributed by atoms with van der Waals surface area (Å²) in [5.41, 5.74) is 3.47. The third-order valence-corrected chi connectivity index (χ3v) is 3.62. The number of hydrazine groups is 1. The minimum absolute atomic E-state index is 0.235. The molecule has 1 aromatic rings. The maximum Gasteiger partial charge on any atom is 0.221 e. The van der Waals surface area contributed by atoms with E-state index >= 15 is 0 Å². The van der Waals surface area contributed by atoms with Gasteiger partial charge >= 0.3 is 0 Å². The molecule has 1 aromatic heterocycles. The van der Waals surface area contributed by atoms with Crippen LogP contribution in [0.25, 0.3) is 0 Å². The Bertz CT molecular complexity index is 459. The summed E-state index contributed by atoms with van der Waals surface area (Å²) in [6.45, 7) is 7.56. The van der Waals surface area contributed by atoms with Crippen molar-refractivity contribution in [3.8, 4) is 5.88 Å². The molecule has 1 saturated carbocycles. The molecule has 0 radical (unpaired) electrons. The number of rotatable bonds is 7. The molecule has 1 aliphatic rings. The normalized spacial score (nSPS) is 14.9. The van der Waals surface area contributed by atoms with Gasteiger partial charge in [-0.2, -0.15) is 4.98 Å². The summed E-state index contributed by atoms with van der Waals surface area (Å²) in [7, 11) is 2.14. The topological polar surface area (TPSA) is 76.3 Å². The Morgan fingerprint density at radius 3 is 2.65 bits per heavy atom. The second-order valence-corrected chi connectivity index (χ2v) is 5.72. The molecule has 0 unspecified atom stereocenters.